The van der Waals surface area contributed by atoms with Crippen LogP contribution >= 0.6 is 0 Å². The number of nitrogens with zero attached hydrogens (tertiary/aromatic N) is 6. The van der Waals surface area contributed by atoms with Crippen LogP contribution in [0.5, 0.6) is 0 Å². The molecule has 2 aliphatic heterocycles. The number of rotatable bonds is 0. The molecule has 2 aliphatic rings. The molecular formula is C9H10N6O. The van der Waals surface area contributed by atoms with Gasteiger partial charge >= 0.3 is 0 Å². The minimum atomic E-state index is -0.893. The number of hydrogen-bond donors (Lipinski definition) is 1. The topological polar surface area (TPSA) is 78.4 Å². The summed E-state index contributed by atoms with van der Waals surface area (Å²) in [5.41, 5.74) is 1.24. The van der Waals surface area contributed by atoms with E-state index in [0.29, 0.717) is 23.1 Å². The summed E-state index contributed by atoms with van der Waals surface area (Å²) in [6.45, 7) is 0. The van der Waals surface area contributed by atoms with Crippen LogP contribution < -0.4 is 0 Å². The average molecular weight is 218 g/mol. The van der Waals surface area contributed by atoms with Crippen LogP contribution in [-0.4, -0.2) is 50.8 Å². The highest BCUT2D eigenvalue weighted by Gasteiger charge is 2.32. The van der Waals surface area contributed by atoms with Gasteiger partial charge in [-0.25, -0.2) is 20.0 Å². The first-order valence-corrected chi connectivity index (χ1v) is 4.79. The van der Waals surface area contributed by atoms with Gasteiger partial charge in [0.05, 0.1) is 6.33 Å². The lowest BCUT2D eigenvalue weighted by atomic mass is 10.2. The van der Waals surface area contributed by atoms with Crippen LogP contribution in [0.3, 0.4) is 0 Å². The third-order valence-corrected chi connectivity index (χ3v) is 2.63. The van der Waals surface area contributed by atoms with Gasteiger partial charge in [0.2, 0.25) is 6.35 Å². The van der Waals surface area contributed by atoms with Gasteiger partial charge in [-0.15, -0.1) is 0 Å². The molecule has 1 aromatic heterocycles. The van der Waals surface area contributed by atoms with Crippen LogP contribution in [0.2, 0.25) is 0 Å². The van der Waals surface area contributed by atoms with Gasteiger partial charge in [-0.05, 0) is 0 Å². The third-order valence-electron chi connectivity index (χ3n) is 2.63. The third kappa shape index (κ3) is 1.06. The Bertz CT molecular complexity index is 540. The van der Waals surface area contributed by atoms with Crippen LogP contribution in [-0.2, 0) is 7.05 Å². The van der Waals surface area contributed by atoms with Crippen molar-refractivity contribution in [3.05, 3.63) is 12.0 Å². The van der Waals surface area contributed by atoms with Crippen LogP contribution in [0.4, 0.5) is 5.82 Å². The second-order valence-corrected chi connectivity index (χ2v) is 3.66. The van der Waals surface area contributed by atoms with E-state index < -0.39 is 6.35 Å². The van der Waals surface area contributed by atoms with E-state index in [1.807, 2.05) is 7.05 Å². The zero-order valence-electron chi connectivity index (χ0n) is 8.86. The predicted molar refractivity (Wildman–Crippen MR) is 59.1 cm³/mol. The van der Waals surface area contributed by atoms with Gasteiger partial charge in [0.1, 0.15) is 17.7 Å². The second-order valence-electron chi connectivity index (χ2n) is 3.66. The van der Waals surface area contributed by atoms with Crippen molar-refractivity contribution in [1.29, 1.82) is 0 Å². The van der Waals surface area contributed by atoms with E-state index in [-0.39, 0.29) is 0 Å². The normalized spacial score (nSPS) is 22.4. The molecule has 0 radical (unpaired) electrons. The Kier molecular flexibility index (Phi) is 1.72. The highest BCUT2D eigenvalue weighted by atomic mass is 16.3. The number of likely N-dealkylation sites (N-methyl/N-ethyl adjacent to an activating group) is 1. The molecule has 1 unspecified atom stereocenters. The molecule has 1 atom stereocenters. The van der Waals surface area contributed by atoms with Crippen molar-refractivity contribution in [2.75, 3.05) is 7.05 Å². The Labute approximate surface area is 91.5 Å². The molecule has 0 aliphatic carbocycles. The Morgan fingerprint density at radius 3 is 3.00 bits per heavy atom. The van der Waals surface area contributed by atoms with Crippen molar-refractivity contribution in [3.8, 4) is 0 Å². The first-order valence-electron chi connectivity index (χ1n) is 4.79. The molecule has 0 bridgehead atoms. The number of aliphatic hydroxyl groups excluding tert-OH is 1. The van der Waals surface area contributed by atoms with Crippen LogP contribution in [0.25, 0.3) is 0 Å². The summed E-state index contributed by atoms with van der Waals surface area (Å²) in [6.07, 6.45) is 2.22. The molecular weight excluding hydrogens is 208 g/mol. The fourth-order valence-corrected chi connectivity index (χ4v) is 1.74. The summed E-state index contributed by atoms with van der Waals surface area (Å²) in [4.78, 5) is 18.3. The minimum Gasteiger partial charge on any atom is -0.355 e. The predicted octanol–water partition coefficient (Wildman–Crippen LogP) is -0.498. The van der Waals surface area contributed by atoms with Gasteiger partial charge in [0.25, 0.3) is 0 Å². The van der Waals surface area contributed by atoms with E-state index in [2.05, 4.69) is 20.0 Å². The average Bonchev–Trinajstić information content (AvgIpc) is 2.68. The number of aryl methyl sites for hydroxylation is 1. The standard InChI is InChI=1S/C9H10N6O/c1-14-4-12-5-6-8(11-3-10-7(5)14)15(2)9(16)13-6/h3-4,9,16H,1-2H3. The van der Waals surface area contributed by atoms with Gasteiger partial charge in [-0.2, -0.15) is 0 Å². The lowest BCUT2D eigenvalue weighted by Crippen LogP contribution is -2.32. The Morgan fingerprint density at radius 1 is 1.38 bits per heavy atom. The van der Waals surface area contributed by atoms with Gasteiger partial charge in [0.15, 0.2) is 11.7 Å². The zero-order valence-corrected chi connectivity index (χ0v) is 8.86. The SMILES string of the molecule is CN1C2=NC=Nc3c(ncn3C)C2=NC1O. The smallest absolute Gasteiger partial charge is 0.227 e. The minimum absolute atomic E-state index is 0.586. The summed E-state index contributed by atoms with van der Waals surface area (Å²) < 4.78 is 1.79. The molecule has 82 valence electrons. The van der Waals surface area contributed by atoms with Crippen molar-refractivity contribution >= 4 is 23.7 Å². The van der Waals surface area contributed by atoms with Gasteiger partial charge in [-0.3, -0.25) is 0 Å². The molecule has 0 amide bonds. The molecule has 1 aromatic rings. The van der Waals surface area contributed by atoms with Gasteiger partial charge in [-0.1, -0.05) is 0 Å². The molecule has 7 heteroatoms. The van der Waals surface area contributed by atoms with E-state index in [0.717, 1.165) is 0 Å². The molecule has 3 rings (SSSR count). The van der Waals surface area contributed by atoms with E-state index in [1.165, 1.54) is 6.34 Å². The fourth-order valence-electron chi connectivity index (χ4n) is 1.74. The number of aromatic nitrogens is 2. The van der Waals surface area contributed by atoms with Crippen molar-refractivity contribution in [3.63, 3.8) is 0 Å². The molecule has 0 saturated heterocycles. The summed E-state index contributed by atoms with van der Waals surface area (Å²) in [5.74, 6) is 1.29. The number of fused-ring (bicyclic) bond motifs is 3. The van der Waals surface area contributed by atoms with E-state index >= 15 is 0 Å². The number of aliphatic imine (C=N–C) groups is 3. The molecule has 16 heavy (non-hydrogen) atoms. The Hall–Kier alpha value is -2.02. The Balaban J connectivity index is 2.22. The quantitative estimate of drug-likeness (QED) is 0.637. The fraction of sp³-hybridized carbons (Fsp3) is 0.333. The van der Waals surface area contributed by atoms with E-state index in [1.54, 1.807) is 22.8 Å². The summed E-state index contributed by atoms with van der Waals surface area (Å²) in [6, 6.07) is 0. The zero-order chi connectivity index (χ0) is 11.3. The highest BCUT2D eigenvalue weighted by Crippen LogP contribution is 2.24. The number of imidazole rings is 1. The lowest BCUT2D eigenvalue weighted by Gasteiger charge is -2.14. The molecule has 0 saturated carbocycles. The summed E-state index contributed by atoms with van der Waals surface area (Å²) >= 11 is 0. The maximum Gasteiger partial charge on any atom is 0.227 e. The first-order chi connectivity index (χ1) is 7.68. The van der Waals surface area contributed by atoms with Crippen molar-refractivity contribution in [2.45, 2.75) is 6.35 Å². The highest BCUT2D eigenvalue weighted by molar-refractivity contribution is 6.50. The van der Waals surface area contributed by atoms with Crippen molar-refractivity contribution in [1.82, 2.24) is 14.5 Å². The lowest BCUT2D eigenvalue weighted by molar-refractivity contribution is 0.0871. The monoisotopic (exact) mass is 218 g/mol. The van der Waals surface area contributed by atoms with Gasteiger partial charge < -0.3 is 14.6 Å². The van der Waals surface area contributed by atoms with E-state index in [9.17, 15) is 5.11 Å². The molecule has 0 fully saturated rings. The number of amidine groups is 1. The van der Waals surface area contributed by atoms with Crippen molar-refractivity contribution in [2.24, 2.45) is 22.0 Å². The van der Waals surface area contributed by atoms with Gasteiger partial charge in [0, 0.05) is 14.1 Å². The molecule has 1 N–H and O–H groups in total. The first kappa shape index (κ1) is 9.22. The van der Waals surface area contributed by atoms with Crippen LogP contribution in [0.1, 0.15) is 5.69 Å². The number of aliphatic hydroxyl groups is 1. The van der Waals surface area contributed by atoms with Crippen molar-refractivity contribution < 1.29 is 5.11 Å². The molecule has 0 spiro atoms. The Morgan fingerprint density at radius 2 is 2.19 bits per heavy atom. The van der Waals surface area contributed by atoms with Crippen LogP contribution in [0, 0.1) is 0 Å². The maximum atomic E-state index is 9.63. The molecule has 7 nitrogen and oxygen atoms in total. The summed E-state index contributed by atoms with van der Waals surface area (Å²) in [7, 11) is 3.57. The van der Waals surface area contributed by atoms with E-state index in [4.69, 9.17) is 0 Å². The second kappa shape index (κ2) is 2.99. The summed E-state index contributed by atoms with van der Waals surface area (Å²) in [5, 5.41) is 9.63. The molecule has 0 aromatic carbocycles. The largest absolute Gasteiger partial charge is 0.355 e. The maximum absolute atomic E-state index is 9.63. The molecule has 3 heterocycles. The number of hydrogen-bond acceptors (Lipinski definition) is 6. The van der Waals surface area contributed by atoms with Crippen LogP contribution in [0.15, 0.2) is 21.3 Å².